The fraction of sp³-hybridized carbons (Fsp3) is 0.111. The van der Waals surface area contributed by atoms with Gasteiger partial charge in [0.25, 0.3) is 11.8 Å². The molecule has 0 bridgehead atoms. The van der Waals surface area contributed by atoms with E-state index in [2.05, 4.69) is 36.6 Å². The monoisotopic (exact) mass is 482 g/mol. The number of hydrogen-bond acceptors (Lipinski definition) is 3. The number of aryl methyl sites for hydroxylation is 1. The quantitative estimate of drug-likeness (QED) is 0.494. The van der Waals surface area contributed by atoms with Crippen molar-refractivity contribution in [1.82, 2.24) is 15.4 Å². The van der Waals surface area contributed by atoms with Gasteiger partial charge in [0, 0.05) is 12.1 Å². The molecule has 0 saturated carbocycles. The summed E-state index contributed by atoms with van der Waals surface area (Å²) in [5, 5.41) is 9.11. The van der Waals surface area contributed by atoms with Gasteiger partial charge in [-0.25, -0.2) is 5.10 Å². The van der Waals surface area contributed by atoms with Crippen LogP contribution >= 0.6 is 39.1 Å². The second kappa shape index (κ2) is 8.30. The van der Waals surface area contributed by atoms with Gasteiger partial charge in [0.1, 0.15) is 27.6 Å². The first-order valence-electron chi connectivity index (χ1n) is 8.06. The minimum Gasteiger partial charge on any atom is -0.355 e. The molecule has 144 valence electrons. The Kier molecular flexibility index (Phi) is 6.02. The van der Waals surface area contributed by atoms with Gasteiger partial charge in [-0.2, -0.15) is 0 Å². The molecule has 10 heteroatoms. The summed E-state index contributed by atoms with van der Waals surface area (Å²) in [6.07, 6.45) is 3.15. The predicted octanol–water partition coefficient (Wildman–Crippen LogP) is 3.68. The molecule has 0 radical (unpaired) electrons. The lowest BCUT2D eigenvalue weighted by Crippen LogP contribution is -2.33. The van der Waals surface area contributed by atoms with Gasteiger partial charge in [-0.1, -0.05) is 23.2 Å². The fourth-order valence-corrected chi connectivity index (χ4v) is 3.57. The number of rotatable bonds is 4. The number of nitrogens with one attached hydrogen (secondary N) is 3. The van der Waals surface area contributed by atoms with Crippen LogP contribution < -0.4 is 15.3 Å². The van der Waals surface area contributed by atoms with E-state index >= 15 is 0 Å². The number of aromatic nitrogens is 3. The van der Waals surface area contributed by atoms with Crippen molar-refractivity contribution in [2.75, 3.05) is 12.4 Å². The maximum Gasteiger partial charge on any atom is 0.365 e. The number of H-pyrrole nitrogens is 1. The molecule has 3 N–H and O–H groups in total. The summed E-state index contributed by atoms with van der Waals surface area (Å²) in [5.74, 6) is -0.341. The molecule has 0 atom stereocenters. The Morgan fingerprint density at radius 3 is 2.64 bits per heavy atom. The molecule has 2 amide bonds. The van der Waals surface area contributed by atoms with Crippen molar-refractivity contribution in [1.29, 1.82) is 0 Å². The van der Waals surface area contributed by atoms with Gasteiger partial charge in [-0.3, -0.25) is 9.59 Å². The van der Waals surface area contributed by atoms with Crippen LogP contribution in [-0.4, -0.2) is 28.9 Å². The minimum atomic E-state index is -0.426. The molecule has 3 aromatic rings. The van der Waals surface area contributed by atoms with Gasteiger partial charge in [0.2, 0.25) is 0 Å². The van der Waals surface area contributed by atoms with Crippen LogP contribution in [0.1, 0.15) is 26.3 Å². The Hall–Kier alpha value is -2.42. The first-order valence-corrected chi connectivity index (χ1v) is 9.61. The van der Waals surface area contributed by atoms with E-state index in [1.165, 1.54) is 17.8 Å². The Morgan fingerprint density at radius 2 is 1.96 bits per heavy atom. The average Bonchev–Trinajstić information content (AvgIpc) is 3.04. The normalized spacial score (nSPS) is 10.6. The average molecular weight is 484 g/mol. The smallest absolute Gasteiger partial charge is 0.355 e. The lowest BCUT2D eigenvalue weighted by molar-refractivity contribution is -0.659. The zero-order valence-electron chi connectivity index (χ0n) is 14.8. The highest BCUT2D eigenvalue weighted by Gasteiger charge is 2.23. The van der Waals surface area contributed by atoms with E-state index in [1.807, 2.05) is 0 Å². The molecule has 0 fully saturated rings. The van der Waals surface area contributed by atoms with Crippen molar-refractivity contribution in [3.63, 3.8) is 0 Å². The number of benzene rings is 1. The standard InChI is InChI=1S/C18H14BrCl2N5O2/c1-9-6-10(20)7-11(17(27)22-2)14(9)24-18(28)12-8-26(25-15(12)19)16-13(21)4-3-5-23-16/h3-8H,1-2H3,(H2,22,24,27,28)/p+1. The summed E-state index contributed by atoms with van der Waals surface area (Å²) in [6, 6.07) is 6.58. The van der Waals surface area contributed by atoms with Crippen molar-refractivity contribution in [2.45, 2.75) is 6.92 Å². The van der Waals surface area contributed by atoms with E-state index in [4.69, 9.17) is 23.2 Å². The van der Waals surface area contributed by atoms with Crippen molar-refractivity contribution in [2.24, 2.45) is 0 Å². The Balaban J connectivity index is 1.97. The van der Waals surface area contributed by atoms with E-state index in [0.717, 1.165) is 0 Å². The van der Waals surface area contributed by atoms with Crippen molar-refractivity contribution >= 4 is 56.6 Å². The number of nitrogens with zero attached hydrogens (tertiary/aromatic N) is 2. The van der Waals surface area contributed by atoms with Crippen molar-refractivity contribution < 1.29 is 14.3 Å². The third kappa shape index (κ3) is 4.04. The molecule has 28 heavy (non-hydrogen) atoms. The lowest BCUT2D eigenvalue weighted by atomic mass is 10.1. The van der Waals surface area contributed by atoms with Crippen LogP contribution in [0.4, 0.5) is 5.69 Å². The molecule has 0 aliphatic rings. The Morgan fingerprint density at radius 1 is 1.21 bits per heavy atom. The zero-order chi connectivity index (χ0) is 20.4. The third-order valence-electron chi connectivity index (χ3n) is 3.94. The SMILES string of the molecule is CNC(=O)c1cc(Cl)cc(C)c1NC(=O)c1c[n+](-c2ncccc2Cl)[nH]c1Br. The topological polar surface area (TPSA) is 90.8 Å². The molecule has 1 aromatic carbocycles. The van der Waals surface area contributed by atoms with Crippen molar-refractivity contribution in [3.05, 3.63) is 68.0 Å². The van der Waals surface area contributed by atoms with Crippen LogP contribution in [0.5, 0.6) is 0 Å². The molecule has 3 rings (SSSR count). The first kappa shape index (κ1) is 20.3. The van der Waals surface area contributed by atoms with E-state index in [-0.39, 0.29) is 11.5 Å². The number of pyridine rings is 1. The minimum absolute atomic E-state index is 0.271. The number of carbonyl (C=O) groups excluding carboxylic acids is 2. The number of hydrogen-bond donors (Lipinski definition) is 3. The molecule has 0 spiro atoms. The maximum atomic E-state index is 12.9. The molecular formula is C18H15BrCl2N5O2+. The molecule has 0 aliphatic carbocycles. The van der Waals surface area contributed by atoms with Gasteiger partial charge in [-0.05, 0) is 57.7 Å². The predicted molar refractivity (Wildman–Crippen MR) is 110 cm³/mol. The summed E-state index contributed by atoms with van der Waals surface area (Å²) < 4.78 is 1.95. The molecular weight excluding hydrogens is 469 g/mol. The molecule has 2 heterocycles. The summed E-state index contributed by atoms with van der Waals surface area (Å²) in [4.78, 5) is 29.3. The second-order valence-corrected chi connectivity index (χ2v) is 7.46. The second-order valence-electron chi connectivity index (χ2n) is 5.83. The highest BCUT2D eigenvalue weighted by atomic mass is 79.9. The molecule has 0 aliphatic heterocycles. The van der Waals surface area contributed by atoms with E-state index < -0.39 is 5.91 Å². The number of carbonyl (C=O) groups is 2. The largest absolute Gasteiger partial charge is 0.365 e. The third-order valence-corrected chi connectivity index (χ3v) is 5.05. The van der Waals surface area contributed by atoms with Crippen LogP contribution in [0.2, 0.25) is 10.0 Å². The van der Waals surface area contributed by atoms with Gasteiger partial charge >= 0.3 is 5.82 Å². The van der Waals surface area contributed by atoms with Gasteiger partial charge in [0.05, 0.1) is 11.3 Å². The van der Waals surface area contributed by atoms with Crippen LogP contribution in [0.15, 0.2) is 41.3 Å². The lowest BCUT2D eigenvalue weighted by Gasteiger charge is -2.13. The molecule has 7 nitrogen and oxygen atoms in total. The Bertz CT molecular complexity index is 1080. The number of halogens is 3. The summed E-state index contributed by atoms with van der Waals surface area (Å²) in [6.45, 7) is 1.76. The zero-order valence-corrected chi connectivity index (χ0v) is 17.9. The van der Waals surface area contributed by atoms with Crippen LogP contribution in [0, 0.1) is 6.92 Å². The van der Waals surface area contributed by atoms with Crippen LogP contribution in [0.25, 0.3) is 5.82 Å². The Labute approximate surface area is 179 Å². The van der Waals surface area contributed by atoms with E-state index in [0.29, 0.717) is 37.3 Å². The van der Waals surface area contributed by atoms with Crippen LogP contribution in [0.3, 0.4) is 0 Å². The molecule has 0 unspecified atom stereocenters. The highest BCUT2D eigenvalue weighted by molar-refractivity contribution is 9.10. The highest BCUT2D eigenvalue weighted by Crippen LogP contribution is 2.27. The van der Waals surface area contributed by atoms with Gasteiger partial charge in [-0.15, -0.1) is 4.68 Å². The van der Waals surface area contributed by atoms with E-state index in [1.54, 1.807) is 37.5 Å². The van der Waals surface area contributed by atoms with Gasteiger partial charge in [0.15, 0.2) is 0 Å². The molecule has 2 aromatic heterocycles. The fourth-order valence-electron chi connectivity index (χ4n) is 2.61. The summed E-state index contributed by atoms with van der Waals surface area (Å²) in [5.41, 5.74) is 1.61. The van der Waals surface area contributed by atoms with Gasteiger partial charge < -0.3 is 10.6 Å². The van der Waals surface area contributed by atoms with Crippen LogP contribution in [-0.2, 0) is 0 Å². The first-order chi connectivity index (χ1) is 13.3. The van der Waals surface area contributed by atoms with Crippen molar-refractivity contribution in [3.8, 4) is 5.82 Å². The van der Waals surface area contributed by atoms with E-state index in [9.17, 15) is 9.59 Å². The summed E-state index contributed by atoms with van der Waals surface area (Å²) in [7, 11) is 1.51. The summed E-state index contributed by atoms with van der Waals surface area (Å²) >= 11 is 15.6. The molecule has 0 saturated heterocycles. The number of aromatic amines is 1. The maximum absolute atomic E-state index is 12.9. The number of amides is 2. The number of anilines is 1.